The molecule has 2 rings (SSSR count). The minimum absolute atomic E-state index is 0.198. The highest BCUT2D eigenvalue weighted by atomic mass is 35.5. The van der Waals surface area contributed by atoms with Gasteiger partial charge < -0.3 is 5.32 Å². The van der Waals surface area contributed by atoms with Crippen molar-refractivity contribution in [3.05, 3.63) is 52.3 Å². The molecule has 0 unspecified atom stereocenters. The van der Waals surface area contributed by atoms with Crippen molar-refractivity contribution in [2.75, 3.05) is 0 Å². The van der Waals surface area contributed by atoms with E-state index in [9.17, 15) is 4.79 Å². The standard InChI is InChI=1S/C14H16ClN3O/c1-3-18-13(12(15)10(2)17-18)14(19)16-9-11-7-5-4-6-8-11/h4-8H,3,9H2,1-2H3,(H,16,19). The average Bonchev–Trinajstić information content (AvgIpc) is 2.73. The van der Waals surface area contributed by atoms with Crippen LogP contribution in [0.15, 0.2) is 30.3 Å². The van der Waals surface area contributed by atoms with E-state index in [1.54, 1.807) is 11.6 Å². The van der Waals surface area contributed by atoms with Crippen LogP contribution in [0.5, 0.6) is 0 Å². The Morgan fingerprint density at radius 3 is 2.68 bits per heavy atom. The monoisotopic (exact) mass is 277 g/mol. The summed E-state index contributed by atoms with van der Waals surface area (Å²) in [6.45, 7) is 4.81. The first-order valence-electron chi connectivity index (χ1n) is 6.18. The minimum Gasteiger partial charge on any atom is -0.347 e. The van der Waals surface area contributed by atoms with Crippen molar-refractivity contribution in [3.63, 3.8) is 0 Å². The summed E-state index contributed by atoms with van der Waals surface area (Å²) in [5, 5.41) is 7.51. The van der Waals surface area contributed by atoms with E-state index in [-0.39, 0.29) is 5.91 Å². The fourth-order valence-corrected chi connectivity index (χ4v) is 2.09. The van der Waals surface area contributed by atoms with Crippen molar-refractivity contribution in [1.29, 1.82) is 0 Å². The molecule has 1 N–H and O–H groups in total. The van der Waals surface area contributed by atoms with Crippen LogP contribution in [0.25, 0.3) is 0 Å². The normalized spacial score (nSPS) is 10.5. The number of aryl methyl sites for hydroxylation is 2. The highest BCUT2D eigenvalue weighted by Crippen LogP contribution is 2.20. The number of hydrogen-bond donors (Lipinski definition) is 1. The molecular weight excluding hydrogens is 262 g/mol. The highest BCUT2D eigenvalue weighted by Gasteiger charge is 2.19. The Morgan fingerprint density at radius 1 is 1.37 bits per heavy atom. The molecule has 1 aromatic heterocycles. The van der Waals surface area contributed by atoms with Crippen LogP contribution >= 0.6 is 11.6 Å². The molecule has 1 amide bonds. The molecule has 0 aliphatic carbocycles. The summed E-state index contributed by atoms with van der Waals surface area (Å²) >= 11 is 6.13. The Hall–Kier alpha value is -1.81. The van der Waals surface area contributed by atoms with Crippen molar-refractivity contribution in [1.82, 2.24) is 15.1 Å². The van der Waals surface area contributed by atoms with Crippen molar-refractivity contribution in [2.45, 2.75) is 26.9 Å². The van der Waals surface area contributed by atoms with E-state index in [1.165, 1.54) is 0 Å². The molecule has 0 radical (unpaired) electrons. The molecule has 2 aromatic rings. The third-order valence-electron chi connectivity index (χ3n) is 2.86. The van der Waals surface area contributed by atoms with Gasteiger partial charge in [0.2, 0.25) is 0 Å². The molecular formula is C14H16ClN3O. The quantitative estimate of drug-likeness (QED) is 0.934. The van der Waals surface area contributed by atoms with Crippen LogP contribution in [0.1, 0.15) is 28.7 Å². The fraction of sp³-hybridized carbons (Fsp3) is 0.286. The Morgan fingerprint density at radius 2 is 2.05 bits per heavy atom. The van der Waals surface area contributed by atoms with Crippen LogP contribution in [0.4, 0.5) is 0 Å². The molecule has 0 aliphatic heterocycles. The molecule has 5 heteroatoms. The number of benzene rings is 1. The van der Waals surface area contributed by atoms with E-state index in [2.05, 4.69) is 10.4 Å². The Kier molecular flexibility index (Phi) is 4.22. The van der Waals surface area contributed by atoms with E-state index in [1.807, 2.05) is 37.3 Å². The highest BCUT2D eigenvalue weighted by molar-refractivity contribution is 6.34. The van der Waals surface area contributed by atoms with Gasteiger partial charge in [-0.15, -0.1) is 0 Å². The molecule has 0 fully saturated rings. The first kappa shape index (κ1) is 13.6. The molecule has 0 saturated heterocycles. The largest absolute Gasteiger partial charge is 0.347 e. The summed E-state index contributed by atoms with van der Waals surface area (Å²) in [5.74, 6) is -0.198. The van der Waals surface area contributed by atoms with Gasteiger partial charge in [0.15, 0.2) is 0 Å². The van der Waals surface area contributed by atoms with E-state index < -0.39 is 0 Å². The van der Waals surface area contributed by atoms with E-state index in [0.717, 1.165) is 5.56 Å². The Bertz CT molecular complexity index is 578. The van der Waals surface area contributed by atoms with Gasteiger partial charge in [-0.3, -0.25) is 9.48 Å². The number of aromatic nitrogens is 2. The maximum atomic E-state index is 12.2. The summed E-state index contributed by atoms with van der Waals surface area (Å²) in [4.78, 5) is 12.2. The van der Waals surface area contributed by atoms with Crippen LogP contribution in [-0.4, -0.2) is 15.7 Å². The first-order chi connectivity index (χ1) is 9.13. The molecule has 0 saturated carbocycles. The minimum atomic E-state index is -0.198. The number of halogens is 1. The van der Waals surface area contributed by atoms with Crippen LogP contribution in [0, 0.1) is 6.92 Å². The summed E-state index contributed by atoms with van der Waals surface area (Å²) in [6, 6.07) is 9.75. The van der Waals surface area contributed by atoms with Gasteiger partial charge in [-0.2, -0.15) is 5.10 Å². The summed E-state index contributed by atoms with van der Waals surface area (Å²) in [6.07, 6.45) is 0. The number of nitrogens with zero attached hydrogens (tertiary/aromatic N) is 2. The van der Waals surface area contributed by atoms with Crippen molar-refractivity contribution < 1.29 is 4.79 Å². The van der Waals surface area contributed by atoms with Gasteiger partial charge in [-0.05, 0) is 19.4 Å². The maximum Gasteiger partial charge on any atom is 0.271 e. The van der Waals surface area contributed by atoms with Gasteiger partial charge in [0.05, 0.1) is 10.7 Å². The lowest BCUT2D eigenvalue weighted by Crippen LogP contribution is -2.26. The number of nitrogens with one attached hydrogen (secondary N) is 1. The zero-order valence-corrected chi connectivity index (χ0v) is 11.7. The Labute approximate surface area is 117 Å². The molecule has 1 heterocycles. The van der Waals surface area contributed by atoms with Crippen molar-refractivity contribution >= 4 is 17.5 Å². The van der Waals surface area contributed by atoms with Crippen LogP contribution in [0.3, 0.4) is 0 Å². The average molecular weight is 278 g/mol. The molecule has 1 aromatic carbocycles. The number of amides is 1. The lowest BCUT2D eigenvalue weighted by molar-refractivity contribution is 0.0940. The molecule has 100 valence electrons. The van der Waals surface area contributed by atoms with Crippen molar-refractivity contribution in [2.24, 2.45) is 0 Å². The number of hydrogen-bond acceptors (Lipinski definition) is 2. The third kappa shape index (κ3) is 2.96. The van der Waals surface area contributed by atoms with Crippen LogP contribution < -0.4 is 5.32 Å². The zero-order valence-electron chi connectivity index (χ0n) is 11.0. The molecule has 19 heavy (non-hydrogen) atoms. The van der Waals surface area contributed by atoms with Gasteiger partial charge in [-0.25, -0.2) is 0 Å². The van der Waals surface area contributed by atoms with Gasteiger partial charge in [0, 0.05) is 13.1 Å². The SMILES string of the molecule is CCn1nc(C)c(Cl)c1C(=O)NCc1ccccc1. The molecule has 4 nitrogen and oxygen atoms in total. The zero-order chi connectivity index (χ0) is 13.8. The number of carbonyl (C=O) groups excluding carboxylic acids is 1. The molecule has 0 bridgehead atoms. The number of rotatable bonds is 4. The van der Waals surface area contributed by atoms with Crippen LogP contribution in [0.2, 0.25) is 5.02 Å². The first-order valence-corrected chi connectivity index (χ1v) is 6.56. The fourth-order valence-electron chi connectivity index (χ4n) is 1.87. The van der Waals surface area contributed by atoms with E-state index in [4.69, 9.17) is 11.6 Å². The van der Waals surface area contributed by atoms with Gasteiger partial charge in [0.1, 0.15) is 5.69 Å². The molecule has 0 spiro atoms. The second-order valence-corrected chi connectivity index (χ2v) is 4.61. The van der Waals surface area contributed by atoms with Gasteiger partial charge in [-0.1, -0.05) is 41.9 Å². The predicted molar refractivity (Wildman–Crippen MR) is 75.3 cm³/mol. The van der Waals surface area contributed by atoms with Gasteiger partial charge >= 0.3 is 0 Å². The second-order valence-electron chi connectivity index (χ2n) is 4.23. The summed E-state index contributed by atoms with van der Waals surface area (Å²) in [5.41, 5.74) is 2.15. The lowest BCUT2D eigenvalue weighted by Gasteiger charge is -2.07. The van der Waals surface area contributed by atoms with Crippen molar-refractivity contribution in [3.8, 4) is 0 Å². The maximum absolute atomic E-state index is 12.2. The van der Waals surface area contributed by atoms with Crippen LogP contribution in [-0.2, 0) is 13.1 Å². The topological polar surface area (TPSA) is 46.9 Å². The van der Waals surface area contributed by atoms with E-state index >= 15 is 0 Å². The summed E-state index contributed by atoms with van der Waals surface area (Å²) in [7, 11) is 0. The number of carbonyl (C=O) groups is 1. The smallest absolute Gasteiger partial charge is 0.271 e. The summed E-state index contributed by atoms with van der Waals surface area (Å²) < 4.78 is 1.62. The van der Waals surface area contributed by atoms with E-state index in [0.29, 0.717) is 29.5 Å². The predicted octanol–water partition coefficient (Wildman–Crippen LogP) is 2.79. The lowest BCUT2D eigenvalue weighted by atomic mass is 10.2. The third-order valence-corrected chi connectivity index (χ3v) is 3.32. The van der Waals surface area contributed by atoms with Gasteiger partial charge in [0.25, 0.3) is 5.91 Å². The Balaban J connectivity index is 2.12. The molecule has 0 aliphatic rings. The second kappa shape index (κ2) is 5.89. The molecule has 0 atom stereocenters.